The van der Waals surface area contributed by atoms with Crippen LogP contribution < -0.4 is 0 Å². The molecule has 11 heavy (non-hydrogen) atoms. The van der Waals surface area contributed by atoms with Crippen LogP contribution in [0.5, 0.6) is 0 Å². The molecule has 0 fully saturated rings. The van der Waals surface area contributed by atoms with Gasteiger partial charge in [-0.15, -0.1) is 0 Å². The van der Waals surface area contributed by atoms with Crippen LogP contribution >= 0.6 is 15.9 Å². The molecule has 1 aromatic rings. The monoisotopic (exact) mass is 224 g/mol. The average molecular weight is 225 g/mol. The molecule has 0 aliphatic carbocycles. The van der Waals surface area contributed by atoms with Crippen LogP contribution in [-0.4, -0.2) is 4.98 Å². The van der Waals surface area contributed by atoms with Crippen molar-refractivity contribution in [3.63, 3.8) is 0 Å². The van der Waals surface area contributed by atoms with E-state index in [2.05, 4.69) is 27.1 Å². The molecule has 0 spiro atoms. The molecule has 0 aliphatic heterocycles. The molecule has 1 rings (SSSR count). The van der Waals surface area contributed by atoms with Crippen LogP contribution in [0.1, 0.15) is 5.56 Å². The van der Waals surface area contributed by atoms with E-state index in [9.17, 15) is 13.2 Å². The zero-order valence-electron chi connectivity index (χ0n) is 5.11. The van der Waals surface area contributed by atoms with Crippen molar-refractivity contribution in [2.75, 3.05) is 0 Å². The van der Waals surface area contributed by atoms with Crippen molar-refractivity contribution in [3.05, 3.63) is 28.5 Å². The van der Waals surface area contributed by atoms with Crippen molar-refractivity contribution in [2.45, 2.75) is 6.18 Å². The Morgan fingerprint density at radius 1 is 1.45 bits per heavy atom. The summed E-state index contributed by atoms with van der Waals surface area (Å²) in [4.78, 5) is 3.44. The maximum atomic E-state index is 11.9. The van der Waals surface area contributed by atoms with E-state index in [1.165, 1.54) is 0 Å². The molecule has 0 unspecified atom stereocenters. The first-order valence-corrected chi connectivity index (χ1v) is 3.40. The maximum absolute atomic E-state index is 11.9. The highest BCUT2D eigenvalue weighted by atomic mass is 79.9. The van der Waals surface area contributed by atoms with Gasteiger partial charge in [-0.05, 0) is 28.1 Å². The van der Waals surface area contributed by atoms with Crippen LogP contribution in [0.3, 0.4) is 0 Å². The molecule has 1 radical (unpaired) electrons. The lowest BCUT2D eigenvalue weighted by molar-refractivity contribution is -0.137. The summed E-state index contributed by atoms with van der Waals surface area (Å²) in [6, 6.07) is 1.70. The van der Waals surface area contributed by atoms with Crippen molar-refractivity contribution >= 4 is 15.9 Å². The summed E-state index contributed by atoms with van der Waals surface area (Å²) < 4.78 is 35.8. The molecule has 0 atom stereocenters. The van der Waals surface area contributed by atoms with E-state index in [0.717, 1.165) is 12.1 Å². The van der Waals surface area contributed by atoms with Crippen molar-refractivity contribution in [1.82, 2.24) is 4.98 Å². The highest BCUT2D eigenvalue weighted by Crippen LogP contribution is 2.29. The minimum atomic E-state index is -4.32. The number of rotatable bonds is 0. The van der Waals surface area contributed by atoms with Crippen LogP contribution in [0.15, 0.2) is 16.7 Å². The number of aromatic nitrogens is 1. The molecule has 0 bridgehead atoms. The summed E-state index contributed by atoms with van der Waals surface area (Å²) in [5.74, 6) is 0. The van der Waals surface area contributed by atoms with Gasteiger partial charge in [0.1, 0.15) is 4.60 Å². The first-order chi connectivity index (χ1) is 5.00. The topological polar surface area (TPSA) is 12.9 Å². The SMILES string of the molecule is FC(F)(F)c1c[c]nc(Br)c1. The molecular weight excluding hydrogens is 223 g/mol. The van der Waals surface area contributed by atoms with E-state index in [1.54, 1.807) is 0 Å². The Balaban J connectivity index is 3.06. The molecule has 0 aliphatic rings. The third-order valence-electron chi connectivity index (χ3n) is 0.993. The smallest absolute Gasteiger partial charge is 0.239 e. The summed E-state index contributed by atoms with van der Waals surface area (Å²) in [6.07, 6.45) is -2.20. The van der Waals surface area contributed by atoms with Gasteiger partial charge in [-0.3, -0.25) is 0 Å². The predicted octanol–water partition coefficient (Wildman–Crippen LogP) is 2.66. The van der Waals surface area contributed by atoms with Crippen LogP contribution in [0.2, 0.25) is 0 Å². The zero-order valence-corrected chi connectivity index (χ0v) is 6.70. The van der Waals surface area contributed by atoms with Crippen molar-refractivity contribution in [3.8, 4) is 0 Å². The molecule has 0 saturated carbocycles. The van der Waals surface area contributed by atoms with Crippen molar-refractivity contribution in [1.29, 1.82) is 0 Å². The fourth-order valence-corrected chi connectivity index (χ4v) is 0.878. The molecule has 0 N–H and O–H groups in total. The van der Waals surface area contributed by atoms with Gasteiger partial charge in [-0.25, -0.2) is 4.98 Å². The van der Waals surface area contributed by atoms with Gasteiger partial charge in [-0.1, -0.05) is 0 Å². The minimum Gasteiger partial charge on any atom is -0.239 e. The Labute approximate surface area is 69.4 Å². The third-order valence-corrected chi connectivity index (χ3v) is 1.40. The summed E-state index contributed by atoms with van der Waals surface area (Å²) in [7, 11) is 0. The normalized spacial score (nSPS) is 11.6. The van der Waals surface area contributed by atoms with Gasteiger partial charge >= 0.3 is 6.18 Å². The Morgan fingerprint density at radius 3 is 2.45 bits per heavy atom. The molecule has 59 valence electrons. The van der Waals surface area contributed by atoms with Crippen LogP contribution in [0.25, 0.3) is 0 Å². The van der Waals surface area contributed by atoms with Gasteiger partial charge in [0.15, 0.2) is 0 Å². The number of hydrogen-bond donors (Lipinski definition) is 0. The minimum absolute atomic E-state index is 0.132. The fourth-order valence-electron chi connectivity index (χ4n) is 0.529. The molecule has 1 nitrogen and oxygen atoms in total. The molecule has 0 saturated heterocycles. The Morgan fingerprint density at radius 2 is 2.09 bits per heavy atom. The second kappa shape index (κ2) is 2.81. The molecule has 1 aromatic heterocycles. The Kier molecular flexibility index (Phi) is 2.17. The first-order valence-electron chi connectivity index (χ1n) is 2.61. The quantitative estimate of drug-likeness (QED) is 0.618. The zero-order chi connectivity index (χ0) is 8.48. The molecule has 0 aromatic carbocycles. The number of pyridine rings is 1. The third kappa shape index (κ3) is 2.18. The molecule has 1 heterocycles. The molecule has 5 heteroatoms. The van der Waals surface area contributed by atoms with Gasteiger partial charge in [0.25, 0.3) is 0 Å². The lowest BCUT2D eigenvalue weighted by atomic mass is 10.3. The maximum Gasteiger partial charge on any atom is 0.416 e. The van der Waals surface area contributed by atoms with Crippen molar-refractivity contribution in [2.24, 2.45) is 0 Å². The summed E-state index contributed by atoms with van der Waals surface area (Å²) in [6.45, 7) is 0. The standard InChI is InChI=1S/C6H2BrF3N/c7-5-3-4(1-2-11-5)6(8,9)10/h1,3H. The van der Waals surface area contributed by atoms with E-state index in [1.807, 2.05) is 0 Å². The number of halogens is 4. The van der Waals surface area contributed by atoms with E-state index >= 15 is 0 Å². The second-order valence-electron chi connectivity index (χ2n) is 1.81. The lowest BCUT2D eigenvalue weighted by Crippen LogP contribution is -2.04. The van der Waals surface area contributed by atoms with Gasteiger partial charge in [0.2, 0.25) is 0 Å². The number of nitrogens with zero attached hydrogens (tertiary/aromatic N) is 1. The van der Waals surface area contributed by atoms with Gasteiger partial charge in [-0.2, -0.15) is 13.2 Å². The van der Waals surface area contributed by atoms with E-state index < -0.39 is 11.7 Å². The first kappa shape index (κ1) is 8.52. The largest absolute Gasteiger partial charge is 0.416 e. The van der Waals surface area contributed by atoms with E-state index in [0.29, 0.717) is 0 Å². The number of alkyl halides is 3. The summed E-state index contributed by atoms with van der Waals surface area (Å²) >= 11 is 2.81. The van der Waals surface area contributed by atoms with E-state index in [4.69, 9.17) is 0 Å². The average Bonchev–Trinajstić information content (AvgIpc) is 1.86. The second-order valence-corrected chi connectivity index (χ2v) is 2.62. The predicted molar refractivity (Wildman–Crippen MR) is 35.8 cm³/mol. The summed E-state index contributed by atoms with van der Waals surface area (Å²) in [5, 5.41) is 0. The number of hydrogen-bond acceptors (Lipinski definition) is 1. The van der Waals surface area contributed by atoms with E-state index in [-0.39, 0.29) is 4.60 Å². The Hall–Kier alpha value is -0.580. The van der Waals surface area contributed by atoms with Crippen LogP contribution in [-0.2, 0) is 6.18 Å². The fraction of sp³-hybridized carbons (Fsp3) is 0.167. The lowest BCUT2D eigenvalue weighted by Gasteiger charge is -2.04. The molecular formula is C6H2BrF3N. The summed E-state index contributed by atoms with van der Waals surface area (Å²) in [5.41, 5.74) is -0.751. The van der Waals surface area contributed by atoms with Crippen molar-refractivity contribution < 1.29 is 13.2 Å². The molecule has 0 amide bonds. The highest BCUT2D eigenvalue weighted by Gasteiger charge is 2.30. The Bertz CT molecular complexity index is 258. The van der Waals surface area contributed by atoms with Gasteiger partial charge in [0.05, 0.1) is 11.8 Å². The van der Waals surface area contributed by atoms with Crippen LogP contribution in [0, 0.1) is 6.20 Å². The highest BCUT2D eigenvalue weighted by molar-refractivity contribution is 9.10. The van der Waals surface area contributed by atoms with Gasteiger partial charge < -0.3 is 0 Å². The van der Waals surface area contributed by atoms with Crippen LogP contribution in [0.4, 0.5) is 13.2 Å². The van der Waals surface area contributed by atoms with Gasteiger partial charge in [0, 0.05) is 0 Å².